The minimum atomic E-state index is 0.522. The Hall–Kier alpha value is -2.23. The van der Waals surface area contributed by atoms with Crippen molar-refractivity contribution in [1.82, 2.24) is 4.98 Å². The normalized spacial score (nSPS) is 10.4. The van der Waals surface area contributed by atoms with Crippen molar-refractivity contribution in [2.75, 3.05) is 12.3 Å². The lowest BCUT2D eigenvalue weighted by Crippen LogP contribution is -2.02. The molecule has 2 aromatic rings. The first kappa shape index (κ1) is 15.2. The third-order valence-corrected chi connectivity index (χ3v) is 3.11. The lowest BCUT2D eigenvalue weighted by molar-refractivity contribution is 0.318. The smallest absolute Gasteiger partial charge is 0.154 e. The van der Waals surface area contributed by atoms with E-state index in [0.717, 1.165) is 30.0 Å². The Labute approximate surface area is 125 Å². The van der Waals surface area contributed by atoms with E-state index in [4.69, 9.17) is 15.2 Å². The zero-order valence-electron chi connectivity index (χ0n) is 12.8. The van der Waals surface area contributed by atoms with Gasteiger partial charge in [-0.25, -0.2) is 0 Å². The van der Waals surface area contributed by atoms with Gasteiger partial charge in [-0.15, -0.1) is 0 Å². The molecule has 0 aliphatic rings. The van der Waals surface area contributed by atoms with Crippen molar-refractivity contribution in [3.63, 3.8) is 0 Å². The fourth-order valence-electron chi connectivity index (χ4n) is 2.01. The maximum absolute atomic E-state index is 6.12. The van der Waals surface area contributed by atoms with E-state index in [1.165, 1.54) is 0 Å². The van der Waals surface area contributed by atoms with Crippen molar-refractivity contribution in [2.45, 2.75) is 33.6 Å². The number of nitrogens with zero attached hydrogens (tertiary/aromatic N) is 1. The molecule has 0 bridgehead atoms. The Morgan fingerprint density at radius 2 is 1.81 bits per heavy atom. The zero-order chi connectivity index (χ0) is 15.2. The molecule has 1 heterocycles. The Kier molecular flexibility index (Phi) is 5.04. The molecule has 1 aromatic heterocycles. The molecule has 0 radical (unpaired) electrons. The number of benzene rings is 1. The van der Waals surface area contributed by atoms with Gasteiger partial charge in [-0.1, -0.05) is 19.9 Å². The average molecular weight is 286 g/mol. The van der Waals surface area contributed by atoms with E-state index in [0.29, 0.717) is 23.8 Å². The van der Waals surface area contributed by atoms with Crippen LogP contribution in [0.25, 0.3) is 0 Å². The molecule has 0 fully saturated rings. The Bertz CT molecular complexity index is 612. The molecular weight excluding hydrogens is 264 g/mol. The SMILES string of the molecule is CCCOc1cccc(Oc2ccc(C)nc2CC)c1N. The van der Waals surface area contributed by atoms with Crippen LogP contribution in [0.15, 0.2) is 30.3 Å². The van der Waals surface area contributed by atoms with Crippen LogP contribution in [0.5, 0.6) is 17.2 Å². The molecule has 0 unspecified atom stereocenters. The van der Waals surface area contributed by atoms with Crippen molar-refractivity contribution in [3.05, 3.63) is 41.7 Å². The molecule has 4 heteroatoms. The minimum Gasteiger partial charge on any atom is -0.491 e. The molecule has 1 aromatic carbocycles. The number of ether oxygens (including phenoxy) is 2. The highest BCUT2D eigenvalue weighted by Crippen LogP contribution is 2.35. The van der Waals surface area contributed by atoms with Crippen LogP contribution in [-0.2, 0) is 6.42 Å². The average Bonchev–Trinajstić information content (AvgIpc) is 2.49. The molecule has 2 rings (SSSR count). The van der Waals surface area contributed by atoms with Gasteiger partial charge in [0.2, 0.25) is 0 Å². The summed E-state index contributed by atoms with van der Waals surface area (Å²) in [5, 5.41) is 0. The summed E-state index contributed by atoms with van der Waals surface area (Å²) in [5.41, 5.74) is 8.55. The molecule has 0 spiro atoms. The Morgan fingerprint density at radius 3 is 2.52 bits per heavy atom. The second-order valence-electron chi connectivity index (χ2n) is 4.87. The van der Waals surface area contributed by atoms with Crippen LogP contribution in [0, 0.1) is 6.92 Å². The van der Waals surface area contributed by atoms with Crippen molar-refractivity contribution in [3.8, 4) is 17.2 Å². The second kappa shape index (κ2) is 6.97. The maximum atomic E-state index is 6.12. The van der Waals surface area contributed by atoms with Crippen molar-refractivity contribution in [1.29, 1.82) is 0 Å². The van der Waals surface area contributed by atoms with Gasteiger partial charge in [0, 0.05) is 5.69 Å². The molecule has 2 N–H and O–H groups in total. The van der Waals surface area contributed by atoms with E-state index >= 15 is 0 Å². The van der Waals surface area contributed by atoms with Crippen LogP contribution in [-0.4, -0.2) is 11.6 Å². The largest absolute Gasteiger partial charge is 0.491 e. The van der Waals surface area contributed by atoms with Crippen LogP contribution in [0.3, 0.4) is 0 Å². The van der Waals surface area contributed by atoms with Gasteiger partial charge in [-0.05, 0) is 44.0 Å². The first-order valence-electron chi connectivity index (χ1n) is 7.31. The molecule has 112 valence electrons. The maximum Gasteiger partial charge on any atom is 0.154 e. The fraction of sp³-hybridized carbons (Fsp3) is 0.353. The summed E-state index contributed by atoms with van der Waals surface area (Å²) in [6, 6.07) is 9.44. The van der Waals surface area contributed by atoms with Crippen molar-refractivity contribution < 1.29 is 9.47 Å². The van der Waals surface area contributed by atoms with Gasteiger partial charge in [0.1, 0.15) is 17.2 Å². The van der Waals surface area contributed by atoms with Gasteiger partial charge in [0.05, 0.1) is 12.3 Å². The molecule has 0 saturated carbocycles. The van der Waals surface area contributed by atoms with Gasteiger partial charge >= 0.3 is 0 Å². The van der Waals surface area contributed by atoms with E-state index in [1.807, 2.05) is 37.3 Å². The van der Waals surface area contributed by atoms with Crippen molar-refractivity contribution >= 4 is 5.69 Å². The topological polar surface area (TPSA) is 57.4 Å². The minimum absolute atomic E-state index is 0.522. The molecule has 4 nitrogen and oxygen atoms in total. The summed E-state index contributed by atoms with van der Waals surface area (Å²) < 4.78 is 11.6. The number of rotatable bonds is 6. The summed E-state index contributed by atoms with van der Waals surface area (Å²) in [4.78, 5) is 4.49. The predicted octanol–water partition coefficient (Wildman–Crippen LogP) is 4.12. The number of nitrogens with two attached hydrogens (primary N) is 1. The number of hydrogen-bond acceptors (Lipinski definition) is 4. The van der Waals surface area contributed by atoms with Crippen LogP contribution in [0.4, 0.5) is 5.69 Å². The number of aryl methyl sites for hydroxylation is 2. The van der Waals surface area contributed by atoms with E-state index in [9.17, 15) is 0 Å². The van der Waals surface area contributed by atoms with E-state index in [1.54, 1.807) is 0 Å². The lowest BCUT2D eigenvalue weighted by Gasteiger charge is -2.14. The van der Waals surface area contributed by atoms with Crippen molar-refractivity contribution in [2.24, 2.45) is 0 Å². The highest BCUT2D eigenvalue weighted by atomic mass is 16.5. The molecule has 0 aliphatic heterocycles. The Morgan fingerprint density at radius 1 is 1.05 bits per heavy atom. The standard InChI is InChI=1S/C17H22N2O2/c1-4-11-20-15-7-6-8-16(17(15)18)21-14-10-9-12(3)19-13(14)5-2/h6-10H,4-5,11,18H2,1-3H3. The van der Waals surface area contributed by atoms with Crippen LogP contribution >= 0.6 is 0 Å². The lowest BCUT2D eigenvalue weighted by atomic mass is 10.2. The number of hydrogen-bond donors (Lipinski definition) is 1. The number of pyridine rings is 1. The summed E-state index contributed by atoms with van der Waals surface area (Å²) in [6.45, 7) is 6.72. The third-order valence-electron chi connectivity index (χ3n) is 3.11. The van der Waals surface area contributed by atoms with Crippen LogP contribution in [0.1, 0.15) is 31.7 Å². The molecule has 0 saturated heterocycles. The molecule has 0 amide bonds. The van der Waals surface area contributed by atoms with Gasteiger partial charge in [-0.3, -0.25) is 4.98 Å². The monoisotopic (exact) mass is 286 g/mol. The fourth-order valence-corrected chi connectivity index (χ4v) is 2.01. The van der Waals surface area contributed by atoms with Gasteiger partial charge in [0.25, 0.3) is 0 Å². The summed E-state index contributed by atoms with van der Waals surface area (Å²) in [7, 11) is 0. The highest BCUT2D eigenvalue weighted by Gasteiger charge is 2.11. The summed E-state index contributed by atoms with van der Waals surface area (Å²) in [6.07, 6.45) is 1.75. The van der Waals surface area contributed by atoms with E-state index in [-0.39, 0.29) is 0 Å². The second-order valence-corrected chi connectivity index (χ2v) is 4.87. The first-order chi connectivity index (χ1) is 10.2. The predicted molar refractivity (Wildman–Crippen MR) is 85.1 cm³/mol. The third kappa shape index (κ3) is 3.66. The number of aromatic nitrogens is 1. The summed E-state index contributed by atoms with van der Waals surface area (Å²) >= 11 is 0. The Balaban J connectivity index is 2.27. The number of nitrogen functional groups attached to an aromatic ring is 1. The molecule has 0 atom stereocenters. The highest BCUT2D eigenvalue weighted by molar-refractivity contribution is 5.63. The zero-order valence-corrected chi connectivity index (χ0v) is 12.8. The van der Waals surface area contributed by atoms with Gasteiger partial charge < -0.3 is 15.2 Å². The van der Waals surface area contributed by atoms with Crippen LogP contribution in [0.2, 0.25) is 0 Å². The van der Waals surface area contributed by atoms with Gasteiger partial charge in [0.15, 0.2) is 5.75 Å². The summed E-state index contributed by atoms with van der Waals surface area (Å²) in [5.74, 6) is 2.00. The molecule has 21 heavy (non-hydrogen) atoms. The molecular formula is C17H22N2O2. The number of anilines is 1. The molecule has 0 aliphatic carbocycles. The van der Waals surface area contributed by atoms with E-state index < -0.39 is 0 Å². The first-order valence-corrected chi connectivity index (χ1v) is 7.31. The van der Waals surface area contributed by atoms with Crippen LogP contribution < -0.4 is 15.2 Å². The number of para-hydroxylation sites is 1. The quantitative estimate of drug-likeness (QED) is 0.812. The van der Waals surface area contributed by atoms with Gasteiger partial charge in [-0.2, -0.15) is 0 Å². The van der Waals surface area contributed by atoms with E-state index in [2.05, 4.69) is 18.8 Å².